The number of benzene rings is 1. The van der Waals surface area contributed by atoms with Crippen LogP contribution in [0.2, 0.25) is 0 Å². The lowest BCUT2D eigenvalue weighted by molar-refractivity contribution is 0.627. The van der Waals surface area contributed by atoms with Crippen molar-refractivity contribution < 1.29 is 4.39 Å². The molecule has 104 valence electrons. The number of anilines is 2. The molecular formula is C15H17FN4. The highest BCUT2D eigenvalue weighted by Crippen LogP contribution is 2.25. The van der Waals surface area contributed by atoms with E-state index in [-0.39, 0.29) is 11.7 Å². The summed E-state index contributed by atoms with van der Waals surface area (Å²) in [6.07, 6.45) is 0. The van der Waals surface area contributed by atoms with Gasteiger partial charge in [-0.25, -0.2) is 9.37 Å². The van der Waals surface area contributed by atoms with Gasteiger partial charge in [0.1, 0.15) is 17.5 Å². The Hall–Kier alpha value is -2.43. The van der Waals surface area contributed by atoms with E-state index in [0.29, 0.717) is 17.9 Å². The fraction of sp³-hybridized carbons (Fsp3) is 0.200. The summed E-state index contributed by atoms with van der Waals surface area (Å²) in [5.41, 5.74) is 7.63. The van der Waals surface area contributed by atoms with Gasteiger partial charge in [-0.2, -0.15) is 0 Å². The van der Waals surface area contributed by atoms with E-state index < -0.39 is 0 Å². The Kier molecular flexibility index (Phi) is 3.98. The van der Waals surface area contributed by atoms with E-state index >= 15 is 0 Å². The van der Waals surface area contributed by atoms with Crippen LogP contribution in [0.5, 0.6) is 0 Å². The summed E-state index contributed by atoms with van der Waals surface area (Å²) in [5.74, 6) is 0.357. The number of nitrogens with two attached hydrogens (primary N) is 1. The molecule has 0 aliphatic carbocycles. The zero-order valence-corrected chi connectivity index (χ0v) is 11.5. The second-order valence-electron chi connectivity index (χ2n) is 4.49. The average molecular weight is 272 g/mol. The van der Waals surface area contributed by atoms with Gasteiger partial charge in [0.05, 0.1) is 0 Å². The molecule has 3 N–H and O–H groups in total. The maximum Gasteiger partial charge on any atom is 0.133 e. The number of rotatable bonds is 4. The van der Waals surface area contributed by atoms with Crippen LogP contribution < -0.4 is 10.6 Å². The highest BCUT2D eigenvalue weighted by Gasteiger charge is 2.12. The lowest BCUT2D eigenvalue weighted by Gasteiger charge is -2.23. The van der Waals surface area contributed by atoms with Crippen LogP contribution in [0.25, 0.3) is 0 Å². The minimum Gasteiger partial charge on any atom is -0.384 e. The Labute approximate surface area is 117 Å². The van der Waals surface area contributed by atoms with Crippen molar-refractivity contribution in [2.24, 2.45) is 5.73 Å². The number of nitrogen functional groups attached to an aromatic ring is 1. The molecule has 0 spiro atoms. The van der Waals surface area contributed by atoms with E-state index in [1.54, 1.807) is 18.2 Å². The van der Waals surface area contributed by atoms with Gasteiger partial charge in [0.2, 0.25) is 0 Å². The standard InChI is InChI=1S/C15H17FN4/c1-3-20(13-6-4-5-12(16)9-13)14-8-11(15(17)18)7-10(2)19-14/h4-9H,3H2,1-2H3,(H3,17,18). The predicted molar refractivity (Wildman–Crippen MR) is 79.1 cm³/mol. The van der Waals surface area contributed by atoms with Crippen molar-refractivity contribution in [2.75, 3.05) is 11.4 Å². The maximum absolute atomic E-state index is 13.4. The van der Waals surface area contributed by atoms with Gasteiger partial charge in [0, 0.05) is 23.5 Å². The highest BCUT2D eigenvalue weighted by atomic mass is 19.1. The molecule has 0 saturated heterocycles. The van der Waals surface area contributed by atoms with Crippen LogP contribution in [0.15, 0.2) is 36.4 Å². The third-order valence-corrected chi connectivity index (χ3v) is 2.96. The molecule has 1 heterocycles. The molecule has 1 aromatic heterocycles. The predicted octanol–water partition coefficient (Wildman–Crippen LogP) is 2.97. The number of amidine groups is 1. The summed E-state index contributed by atoms with van der Waals surface area (Å²) < 4.78 is 13.4. The fourth-order valence-electron chi connectivity index (χ4n) is 2.07. The van der Waals surface area contributed by atoms with Crippen molar-refractivity contribution in [3.8, 4) is 0 Å². The van der Waals surface area contributed by atoms with Gasteiger partial charge in [0.15, 0.2) is 0 Å². The third kappa shape index (κ3) is 2.93. The third-order valence-electron chi connectivity index (χ3n) is 2.96. The van der Waals surface area contributed by atoms with E-state index in [0.717, 1.165) is 11.4 Å². The second kappa shape index (κ2) is 5.69. The van der Waals surface area contributed by atoms with Crippen LogP contribution in [-0.4, -0.2) is 17.4 Å². The van der Waals surface area contributed by atoms with E-state index in [1.807, 2.05) is 24.8 Å². The first-order valence-corrected chi connectivity index (χ1v) is 6.37. The zero-order chi connectivity index (χ0) is 14.7. The molecule has 0 unspecified atom stereocenters. The van der Waals surface area contributed by atoms with Gasteiger partial charge in [-0.15, -0.1) is 0 Å². The summed E-state index contributed by atoms with van der Waals surface area (Å²) in [4.78, 5) is 6.32. The van der Waals surface area contributed by atoms with E-state index in [9.17, 15) is 4.39 Å². The normalized spacial score (nSPS) is 10.3. The molecule has 4 nitrogen and oxygen atoms in total. The lowest BCUT2D eigenvalue weighted by atomic mass is 10.2. The van der Waals surface area contributed by atoms with Gasteiger partial charge < -0.3 is 10.6 Å². The summed E-state index contributed by atoms with van der Waals surface area (Å²) in [5, 5.41) is 7.54. The van der Waals surface area contributed by atoms with Crippen molar-refractivity contribution in [1.82, 2.24) is 4.98 Å². The molecule has 0 fully saturated rings. The Bertz CT molecular complexity index is 640. The molecule has 0 radical (unpaired) electrons. The number of nitrogens with one attached hydrogen (secondary N) is 1. The largest absolute Gasteiger partial charge is 0.384 e. The molecule has 0 aliphatic heterocycles. The fourth-order valence-corrected chi connectivity index (χ4v) is 2.07. The Balaban J connectivity index is 2.49. The summed E-state index contributed by atoms with van der Waals surface area (Å²) in [6, 6.07) is 9.84. The zero-order valence-electron chi connectivity index (χ0n) is 11.5. The number of pyridine rings is 1. The molecule has 2 aromatic rings. The maximum atomic E-state index is 13.4. The van der Waals surface area contributed by atoms with Gasteiger partial charge in [-0.1, -0.05) is 6.07 Å². The highest BCUT2D eigenvalue weighted by molar-refractivity contribution is 5.95. The first kappa shape index (κ1) is 14.0. The van der Waals surface area contributed by atoms with Crippen LogP contribution in [0, 0.1) is 18.2 Å². The molecule has 0 amide bonds. The molecule has 1 aromatic carbocycles. The summed E-state index contributed by atoms with van der Waals surface area (Å²) in [7, 11) is 0. The Morgan fingerprint density at radius 1 is 1.35 bits per heavy atom. The van der Waals surface area contributed by atoms with Crippen molar-refractivity contribution in [2.45, 2.75) is 13.8 Å². The molecule has 20 heavy (non-hydrogen) atoms. The summed E-state index contributed by atoms with van der Waals surface area (Å²) in [6.45, 7) is 4.44. The van der Waals surface area contributed by atoms with Gasteiger partial charge in [-0.3, -0.25) is 5.41 Å². The first-order chi connectivity index (χ1) is 9.51. The smallest absolute Gasteiger partial charge is 0.133 e. The molecule has 5 heteroatoms. The van der Waals surface area contributed by atoms with Crippen LogP contribution in [0.1, 0.15) is 18.2 Å². The van der Waals surface area contributed by atoms with Crippen LogP contribution >= 0.6 is 0 Å². The number of aryl methyl sites for hydroxylation is 1. The molecule has 0 bridgehead atoms. The number of nitrogens with zero attached hydrogens (tertiary/aromatic N) is 2. The number of hydrogen-bond donors (Lipinski definition) is 2. The van der Waals surface area contributed by atoms with Crippen molar-refractivity contribution in [1.29, 1.82) is 5.41 Å². The topological polar surface area (TPSA) is 66.0 Å². The van der Waals surface area contributed by atoms with Crippen molar-refractivity contribution in [3.05, 3.63) is 53.5 Å². The molecule has 0 aliphatic rings. The van der Waals surface area contributed by atoms with E-state index in [1.165, 1.54) is 12.1 Å². The SMILES string of the molecule is CCN(c1cccc(F)c1)c1cc(C(=N)N)cc(C)n1. The lowest BCUT2D eigenvalue weighted by Crippen LogP contribution is -2.19. The van der Waals surface area contributed by atoms with E-state index in [4.69, 9.17) is 11.1 Å². The Morgan fingerprint density at radius 3 is 2.70 bits per heavy atom. The van der Waals surface area contributed by atoms with Crippen LogP contribution in [0.3, 0.4) is 0 Å². The van der Waals surface area contributed by atoms with E-state index in [2.05, 4.69) is 4.98 Å². The van der Waals surface area contributed by atoms with Crippen molar-refractivity contribution >= 4 is 17.3 Å². The van der Waals surface area contributed by atoms with Gasteiger partial charge in [0.25, 0.3) is 0 Å². The number of hydrogen-bond acceptors (Lipinski definition) is 3. The first-order valence-electron chi connectivity index (χ1n) is 6.37. The quantitative estimate of drug-likeness (QED) is 0.664. The minimum atomic E-state index is -0.291. The number of aromatic nitrogens is 1. The van der Waals surface area contributed by atoms with Crippen molar-refractivity contribution in [3.63, 3.8) is 0 Å². The molecule has 2 rings (SSSR count). The summed E-state index contributed by atoms with van der Waals surface area (Å²) >= 11 is 0. The molecular weight excluding hydrogens is 255 g/mol. The average Bonchev–Trinajstić information content (AvgIpc) is 2.39. The van der Waals surface area contributed by atoms with Crippen LogP contribution in [0.4, 0.5) is 15.9 Å². The molecule has 0 atom stereocenters. The Morgan fingerprint density at radius 2 is 2.10 bits per heavy atom. The monoisotopic (exact) mass is 272 g/mol. The second-order valence-corrected chi connectivity index (χ2v) is 4.49. The van der Waals surface area contributed by atoms with Gasteiger partial charge >= 0.3 is 0 Å². The van der Waals surface area contributed by atoms with Crippen LogP contribution in [-0.2, 0) is 0 Å². The van der Waals surface area contributed by atoms with Gasteiger partial charge in [-0.05, 0) is 44.2 Å². The molecule has 0 saturated carbocycles. The minimum absolute atomic E-state index is 0.00737. The number of halogens is 1.